The molecule has 2 aromatic rings. The molecule has 0 saturated heterocycles. The maximum atomic E-state index is 11.9. The molecular weight excluding hydrogens is 240 g/mol. The summed E-state index contributed by atoms with van der Waals surface area (Å²) in [5.74, 6) is 0.324. The van der Waals surface area contributed by atoms with Gasteiger partial charge in [-0.15, -0.1) is 16.8 Å². The summed E-state index contributed by atoms with van der Waals surface area (Å²) in [5.41, 5.74) is 0.996. The van der Waals surface area contributed by atoms with Gasteiger partial charge >= 0.3 is 0 Å². The lowest BCUT2D eigenvalue weighted by molar-refractivity contribution is 0.102. The Hall–Kier alpha value is -2.69. The van der Waals surface area contributed by atoms with Gasteiger partial charge in [0.1, 0.15) is 5.82 Å². The number of carbonyl (C=O) groups excluding carboxylic acids is 1. The Morgan fingerprint density at radius 2 is 1.95 bits per heavy atom. The van der Waals surface area contributed by atoms with Crippen LogP contribution in [0, 0.1) is 0 Å². The minimum atomic E-state index is -0.283. The number of amides is 1. The second-order valence-electron chi connectivity index (χ2n) is 3.79. The van der Waals surface area contributed by atoms with Gasteiger partial charge in [-0.25, -0.2) is 0 Å². The molecule has 0 atom stereocenters. The fourth-order valence-corrected chi connectivity index (χ4v) is 1.44. The average Bonchev–Trinajstić information content (AvgIpc) is 2.46. The van der Waals surface area contributed by atoms with Crippen LogP contribution in [0.2, 0.25) is 0 Å². The summed E-state index contributed by atoms with van der Waals surface area (Å²) >= 11 is 0. The van der Waals surface area contributed by atoms with Crippen molar-refractivity contribution in [3.63, 3.8) is 0 Å². The molecule has 5 nitrogen and oxygen atoms in total. The molecule has 0 aliphatic heterocycles. The molecule has 0 saturated carbocycles. The van der Waals surface area contributed by atoms with Crippen LogP contribution in [0.3, 0.4) is 0 Å². The molecule has 5 heteroatoms. The number of nitrogens with one attached hydrogen (secondary N) is 2. The zero-order valence-corrected chi connectivity index (χ0v) is 10.3. The third-order valence-electron chi connectivity index (χ3n) is 2.36. The molecular formula is C14H14N4O. The average molecular weight is 254 g/mol. The molecule has 96 valence electrons. The molecule has 1 heterocycles. The molecule has 0 fully saturated rings. The van der Waals surface area contributed by atoms with Gasteiger partial charge in [-0.1, -0.05) is 24.3 Å². The van der Waals surface area contributed by atoms with E-state index in [9.17, 15) is 4.79 Å². The predicted octanol–water partition coefficient (Wildman–Crippen LogP) is 2.33. The van der Waals surface area contributed by atoms with Gasteiger partial charge < -0.3 is 10.6 Å². The predicted molar refractivity (Wildman–Crippen MR) is 75.1 cm³/mol. The first-order valence-electron chi connectivity index (χ1n) is 5.84. The van der Waals surface area contributed by atoms with Crippen LogP contribution in [0.15, 0.2) is 55.1 Å². The first-order chi connectivity index (χ1) is 9.29. The first-order valence-corrected chi connectivity index (χ1v) is 5.84. The van der Waals surface area contributed by atoms with Crippen LogP contribution >= 0.6 is 0 Å². The number of aromatic nitrogens is 2. The Morgan fingerprint density at radius 1 is 1.16 bits per heavy atom. The van der Waals surface area contributed by atoms with E-state index >= 15 is 0 Å². The largest absolute Gasteiger partial charge is 0.365 e. The Labute approximate surface area is 111 Å². The van der Waals surface area contributed by atoms with E-state index < -0.39 is 0 Å². The summed E-state index contributed by atoms with van der Waals surface area (Å²) in [7, 11) is 0. The van der Waals surface area contributed by atoms with Gasteiger partial charge in [-0.3, -0.25) is 4.79 Å². The molecule has 0 radical (unpaired) electrons. The standard InChI is InChI=1S/C14H14N4O/c1-2-10-15-13-9-8-12(17-18-13)14(19)16-11-6-4-3-5-7-11/h2-9H,1,10H2,(H,15,18)(H,16,19). The molecule has 2 N–H and O–H groups in total. The third-order valence-corrected chi connectivity index (χ3v) is 2.36. The molecule has 1 aromatic heterocycles. The zero-order valence-electron chi connectivity index (χ0n) is 10.3. The molecule has 0 bridgehead atoms. The summed E-state index contributed by atoms with van der Waals surface area (Å²) in [6.45, 7) is 4.20. The highest BCUT2D eigenvalue weighted by molar-refractivity contribution is 6.02. The van der Waals surface area contributed by atoms with Gasteiger partial charge in [-0.05, 0) is 24.3 Å². The van der Waals surface area contributed by atoms with Gasteiger partial charge in [0.2, 0.25) is 0 Å². The number of nitrogens with zero attached hydrogens (tertiary/aromatic N) is 2. The lowest BCUT2D eigenvalue weighted by atomic mass is 10.3. The van der Waals surface area contributed by atoms with Crippen molar-refractivity contribution < 1.29 is 4.79 Å². The van der Waals surface area contributed by atoms with Gasteiger partial charge in [0.05, 0.1) is 0 Å². The molecule has 0 aliphatic carbocycles. The SMILES string of the molecule is C=CCNc1ccc(C(=O)Nc2ccccc2)nn1. The molecule has 1 aromatic carbocycles. The van der Waals surface area contributed by atoms with Crippen LogP contribution in [0.5, 0.6) is 0 Å². The monoisotopic (exact) mass is 254 g/mol. The summed E-state index contributed by atoms with van der Waals surface area (Å²) in [6, 6.07) is 12.5. The fourth-order valence-electron chi connectivity index (χ4n) is 1.44. The molecule has 2 rings (SSSR count). The van der Waals surface area contributed by atoms with Gasteiger partial charge in [0.15, 0.2) is 5.69 Å². The smallest absolute Gasteiger partial charge is 0.276 e. The quantitative estimate of drug-likeness (QED) is 0.804. The molecule has 0 aliphatic rings. The summed E-state index contributed by atoms with van der Waals surface area (Å²) in [4.78, 5) is 11.9. The molecule has 0 unspecified atom stereocenters. The highest BCUT2D eigenvalue weighted by atomic mass is 16.1. The topological polar surface area (TPSA) is 66.9 Å². The first kappa shape index (κ1) is 12.8. The summed E-state index contributed by atoms with van der Waals surface area (Å²) in [6.07, 6.45) is 1.72. The minimum Gasteiger partial charge on any atom is -0.365 e. The van der Waals surface area contributed by atoms with Crippen molar-refractivity contribution in [2.45, 2.75) is 0 Å². The van der Waals surface area contributed by atoms with Crippen LogP contribution < -0.4 is 10.6 Å². The zero-order chi connectivity index (χ0) is 13.5. The van der Waals surface area contributed by atoms with Crippen LogP contribution in [0.25, 0.3) is 0 Å². The Kier molecular flexibility index (Phi) is 4.23. The van der Waals surface area contributed by atoms with E-state index in [4.69, 9.17) is 0 Å². The fraction of sp³-hybridized carbons (Fsp3) is 0.0714. The maximum Gasteiger partial charge on any atom is 0.276 e. The van der Waals surface area contributed by atoms with Gasteiger partial charge in [0.25, 0.3) is 5.91 Å². The second-order valence-corrected chi connectivity index (χ2v) is 3.79. The summed E-state index contributed by atoms with van der Waals surface area (Å²) < 4.78 is 0. The minimum absolute atomic E-state index is 0.271. The number of benzene rings is 1. The summed E-state index contributed by atoms with van der Waals surface area (Å²) in [5, 5.41) is 13.5. The van der Waals surface area contributed by atoms with Crippen LogP contribution in [-0.2, 0) is 0 Å². The van der Waals surface area contributed by atoms with Crippen molar-refractivity contribution in [1.29, 1.82) is 0 Å². The van der Waals surface area contributed by atoms with E-state index in [0.29, 0.717) is 12.4 Å². The normalized spacial score (nSPS) is 9.68. The highest BCUT2D eigenvalue weighted by Crippen LogP contribution is 2.08. The van der Waals surface area contributed by atoms with Gasteiger partial charge in [-0.2, -0.15) is 0 Å². The molecule has 19 heavy (non-hydrogen) atoms. The van der Waals surface area contributed by atoms with Gasteiger partial charge in [0, 0.05) is 12.2 Å². The highest BCUT2D eigenvalue weighted by Gasteiger charge is 2.08. The number of rotatable bonds is 5. The van der Waals surface area contributed by atoms with E-state index in [-0.39, 0.29) is 11.6 Å². The number of hydrogen-bond acceptors (Lipinski definition) is 4. The Morgan fingerprint density at radius 3 is 2.58 bits per heavy atom. The van der Waals surface area contributed by atoms with Crippen LogP contribution in [0.1, 0.15) is 10.5 Å². The van der Waals surface area contributed by atoms with E-state index in [1.807, 2.05) is 30.3 Å². The lowest BCUT2D eigenvalue weighted by Crippen LogP contribution is -2.14. The van der Waals surface area contributed by atoms with E-state index in [1.165, 1.54) is 0 Å². The number of carbonyl (C=O) groups is 1. The van der Waals surface area contributed by atoms with E-state index in [1.54, 1.807) is 18.2 Å². The number of para-hydroxylation sites is 1. The molecule has 1 amide bonds. The van der Waals surface area contributed by atoms with Crippen LogP contribution in [-0.4, -0.2) is 22.6 Å². The third kappa shape index (κ3) is 3.64. The van der Waals surface area contributed by atoms with E-state index in [0.717, 1.165) is 5.69 Å². The van der Waals surface area contributed by atoms with Crippen LogP contribution in [0.4, 0.5) is 11.5 Å². The van der Waals surface area contributed by atoms with Crippen molar-refractivity contribution in [2.75, 3.05) is 17.2 Å². The number of anilines is 2. The van der Waals surface area contributed by atoms with E-state index in [2.05, 4.69) is 27.4 Å². The van der Waals surface area contributed by atoms with Crippen molar-refractivity contribution in [3.8, 4) is 0 Å². The molecule has 0 spiro atoms. The lowest BCUT2D eigenvalue weighted by Gasteiger charge is -2.05. The second kappa shape index (κ2) is 6.30. The Bertz CT molecular complexity index is 551. The van der Waals surface area contributed by atoms with Crippen molar-refractivity contribution >= 4 is 17.4 Å². The number of hydrogen-bond donors (Lipinski definition) is 2. The van der Waals surface area contributed by atoms with Crippen molar-refractivity contribution in [2.24, 2.45) is 0 Å². The van der Waals surface area contributed by atoms with Crippen molar-refractivity contribution in [1.82, 2.24) is 10.2 Å². The Balaban J connectivity index is 2.01. The van der Waals surface area contributed by atoms with Crippen molar-refractivity contribution in [3.05, 3.63) is 60.8 Å². The maximum absolute atomic E-state index is 11.9.